The molecule has 0 unspecified atom stereocenters. The molecule has 0 atom stereocenters. The number of nitrogens with zero attached hydrogens (tertiary/aromatic N) is 1. The maximum absolute atomic E-state index is 4.60. The molecule has 0 N–H and O–H groups in total. The van der Waals surface area contributed by atoms with Gasteiger partial charge < -0.3 is 4.74 Å². The third-order valence-electron chi connectivity index (χ3n) is 0.482. The van der Waals surface area contributed by atoms with Crippen LogP contribution in [0.3, 0.4) is 0 Å². The van der Waals surface area contributed by atoms with Gasteiger partial charge in [-0.2, -0.15) is 4.40 Å². The molecule has 0 saturated heterocycles. The monoisotopic (exact) mass is 117 g/mol. The summed E-state index contributed by atoms with van der Waals surface area (Å²) in [6.07, 6.45) is 1.48. The summed E-state index contributed by atoms with van der Waals surface area (Å²) in [6, 6.07) is 0. The SMILES string of the molecule is C=C/C(=N\S)OC. The number of rotatable bonds is 1. The maximum Gasteiger partial charge on any atom is 0.218 e. The lowest BCUT2D eigenvalue weighted by atomic mass is 10.6. The zero-order valence-electron chi connectivity index (χ0n) is 4.09. The molecule has 0 aliphatic rings. The Morgan fingerprint density at radius 3 is 2.57 bits per heavy atom. The van der Waals surface area contributed by atoms with Gasteiger partial charge in [0.2, 0.25) is 5.90 Å². The number of hydrogen-bond donors (Lipinski definition) is 1. The van der Waals surface area contributed by atoms with Crippen molar-refractivity contribution >= 4 is 18.7 Å². The molecule has 0 saturated carbocycles. The summed E-state index contributed by atoms with van der Waals surface area (Å²) in [6.45, 7) is 3.40. The van der Waals surface area contributed by atoms with E-state index in [4.69, 9.17) is 0 Å². The van der Waals surface area contributed by atoms with Gasteiger partial charge >= 0.3 is 0 Å². The van der Waals surface area contributed by atoms with E-state index in [1.165, 1.54) is 13.2 Å². The van der Waals surface area contributed by atoms with Crippen LogP contribution in [0.2, 0.25) is 0 Å². The summed E-state index contributed by atoms with van der Waals surface area (Å²) in [7, 11) is 1.51. The van der Waals surface area contributed by atoms with Crippen LogP contribution in [0.1, 0.15) is 0 Å². The van der Waals surface area contributed by atoms with E-state index in [0.29, 0.717) is 5.90 Å². The summed E-state index contributed by atoms with van der Waals surface area (Å²) >= 11 is 3.57. The van der Waals surface area contributed by atoms with Crippen LogP contribution in [0.4, 0.5) is 0 Å². The predicted octanol–water partition coefficient (Wildman–Crippen LogP) is 1.06. The smallest absolute Gasteiger partial charge is 0.218 e. The van der Waals surface area contributed by atoms with E-state index in [2.05, 4.69) is 28.5 Å². The second-order valence-corrected chi connectivity index (χ2v) is 1.05. The highest BCUT2D eigenvalue weighted by atomic mass is 32.1. The van der Waals surface area contributed by atoms with Gasteiger partial charge in [-0.15, -0.1) is 0 Å². The quantitative estimate of drug-likeness (QED) is 0.309. The predicted molar refractivity (Wildman–Crippen MR) is 33.6 cm³/mol. The number of thiol groups is 1. The highest BCUT2D eigenvalue weighted by molar-refractivity contribution is 7.79. The Morgan fingerprint density at radius 2 is 2.57 bits per heavy atom. The van der Waals surface area contributed by atoms with E-state index >= 15 is 0 Å². The third-order valence-corrected chi connectivity index (χ3v) is 0.679. The molecule has 0 aromatic rings. The zero-order chi connectivity index (χ0) is 5.70. The van der Waals surface area contributed by atoms with Gasteiger partial charge in [0.25, 0.3) is 0 Å². The van der Waals surface area contributed by atoms with Crippen molar-refractivity contribution in [1.29, 1.82) is 0 Å². The Bertz CT molecular complexity index is 89.7. The molecule has 40 valence electrons. The highest BCUT2D eigenvalue weighted by Gasteiger charge is 1.80. The van der Waals surface area contributed by atoms with Crippen LogP contribution in [0.5, 0.6) is 0 Å². The summed E-state index contributed by atoms with van der Waals surface area (Å²) < 4.78 is 8.00. The molecule has 0 aromatic carbocycles. The van der Waals surface area contributed by atoms with E-state index in [0.717, 1.165) is 0 Å². The summed E-state index contributed by atoms with van der Waals surface area (Å²) in [5.41, 5.74) is 0. The molecular weight excluding hydrogens is 110 g/mol. The number of methoxy groups -OCH3 is 1. The molecule has 0 aliphatic heterocycles. The summed E-state index contributed by atoms with van der Waals surface area (Å²) in [5.74, 6) is 0.434. The maximum atomic E-state index is 4.60. The van der Waals surface area contributed by atoms with Crippen molar-refractivity contribution in [2.45, 2.75) is 0 Å². The lowest BCUT2D eigenvalue weighted by Gasteiger charge is -1.90. The van der Waals surface area contributed by atoms with Crippen molar-refractivity contribution in [3.05, 3.63) is 12.7 Å². The van der Waals surface area contributed by atoms with Crippen LogP contribution in [-0.4, -0.2) is 13.0 Å². The van der Waals surface area contributed by atoms with Crippen LogP contribution in [-0.2, 0) is 4.74 Å². The lowest BCUT2D eigenvalue weighted by molar-refractivity contribution is 0.408. The molecule has 0 aliphatic carbocycles. The molecule has 0 radical (unpaired) electrons. The molecular formula is C4H7NOS. The summed E-state index contributed by atoms with van der Waals surface area (Å²) in [4.78, 5) is 0. The standard InChI is InChI=1S/C4H7NOS/c1-3-4(5-7)6-2/h3,7H,1H2,2H3/b5-4+. The van der Waals surface area contributed by atoms with Gasteiger partial charge in [-0.25, -0.2) is 0 Å². The highest BCUT2D eigenvalue weighted by Crippen LogP contribution is 1.82. The van der Waals surface area contributed by atoms with Gasteiger partial charge in [0, 0.05) is 0 Å². The van der Waals surface area contributed by atoms with Crippen LogP contribution in [0.25, 0.3) is 0 Å². The van der Waals surface area contributed by atoms with Gasteiger partial charge in [0.05, 0.1) is 7.11 Å². The largest absolute Gasteiger partial charge is 0.481 e. The van der Waals surface area contributed by atoms with E-state index < -0.39 is 0 Å². The topological polar surface area (TPSA) is 21.6 Å². The second-order valence-electron chi connectivity index (χ2n) is 0.846. The minimum absolute atomic E-state index is 0.434. The first kappa shape index (κ1) is 6.56. The van der Waals surface area contributed by atoms with Crippen LogP contribution in [0, 0.1) is 0 Å². The fourth-order valence-corrected chi connectivity index (χ4v) is 0.328. The third kappa shape index (κ3) is 2.28. The van der Waals surface area contributed by atoms with E-state index in [9.17, 15) is 0 Å². The number of hydrogen-bond acceptors (Lipinski definition) is 3. The molecule has 2 nitrogen and oxygen atoms in total. The Balaban J connectivity index is 3.60. The van der Waals surface area contributed by atoms with Crippen molar-refractivity contribution in [1.82, 2.24) is 0 Å². The first-order valence-electron chi connectivity index (χ1n) is 1.73. The molecule has 7 heavy (non-hydrogen) atoms. The van der Waals surface area contributed by atoms with Crippen LogP contribution in [0.15, 0.2) is 17.1 Å². The van der Waals surface area contributed by atoms with Gasteiger partial charge in [-0.3, -0.25) is 0 Å². The molecule has 0 bridgehead atoms. The van der Waals surface area contributed by atoms with Crippen molar-refractivity contribution in [2.75, 3.05) is 7.11 Å². The average Bonchev–Trinajstić information content (AvgIpc) is 1.72. The van der Waals surface area contributed by atoms with Gasteiger partial charge in [-0.05, 0) is 18.9 Å². The van der Waals surface area contributed by atoms with E-state index in [1.807, 2.05) is 0 Å². The second kappa shape index (κ2) is 3.74. The van der Waals surface area contributed by atoms with E-state index in [-0.39, 0.29) is 0 Å². The molecule has 0 rings (SSSR count). The van der Waals surface area contributed by atoms with Gasteiger partial charge in [-0.1, -0.05) is 6.58 Å². The average molecular weight is 117 g/mol. The van der Waals surface area contributed by atoms with Crippen molar-refractivity contribution < 1.29 is 4.74 Å². The zero-order valence-corrected chi connectivity index (χ0v) is 4.98. The Hall–Kier alpha value is -0.440. The van der Waals surface area contributed by atoms with Crippen molar-refractivity contribution in [2.24, 2.45) is 4.40 Å². The first-order chi connectivity index (χ1) is 3.35. The molecule has 0 amide bonds. The normalized spacial score (nSPS) is 10.9. The molecule has 0 spiro atoms. The summed E-state index contributed by atoms with van der Waals surface area (Å²) in [5, 5.41) is 0. The Morgan fingerprint density at radius 1 is 2.00 bits per heavy atom. The number of ether oxygens (including phenoxy) is 1. The Kier molecular flexibility index (Phi) is 3.50. The lowest BCUT2D eigenvalue weighted by Crippen LogP contribution is -1.91. The van der Waals surface area contributed by atoms with Crippen molar-refractivity contribution in [3.8, 4) is 0 Å². The minimum atomic E-state index is 0.434. The van der Waals surface area contributed by atoms with Crippen LogP contribution >= 0.6 is 12.8 Å². The fourth-order valence-electron chi connectivity index (χ4n) is 0.165. The molecule has 0 fully saturated rings. The van der Waals surface area contributed by atoms with Crippen molar-refractivity contribution in [3.63, 3.8) is 0 Å². The molecule has 0 heterocycles. The first-order valence-corrected chi connectivity index (χ1v) is 2.13. The molecule has 3 heteroatoms. The van der Waals surface area contributed by atoms with Gasteiger partial charge in [0.1, 0.15) is 0 Å². The fraction of sp³-hybridized carbons (Fsp3) is 0.250. The molecule has 0 aromatic heterocycles. The van der Waals surface area contributed by atoms with E-state index in [1.54, 1.807) is 0 Å². The van der Waals surface area contributed by atoms with Gasteiger partial charge in [0.15, 0.2) is 0 Å². The van der Waals surface area contributed by atoms with Crippen LogP contribution < -0.4 is 0 Å². The Labute approximate surface area is 48.4 Å². The minimum Gasteiger partial charge on any atom is -0.481 e.